The SMILES string of the molecule is CC(C)(CSCCC(=O)O)C(=O)OCCCS(=O)(=O)O. The third-order valence-corrected chi connectivity index (χ3v) is 4.48. The van der Waals surface area contributed by atoms with Gasteiger partial charge >= 0.3 is 11.9 Å². The van der Waals surface area contributed by atoms with Crippen molar-refractivity contribution in [3.05, 3.63) is 0 Å². The van der Waals surface area contributed by atoms with Crippen LogP contribution >= 0.6 is 11.8 Å². The van der Waals surface area contributed by atoms with Gasteiger partial charge in [-0.25, -0.2) is 0 Å². The summed E-state index contributed by atoms with van der Waals surface area (Å²) in [6, 6.07) is 0. The number of carboxylic acids is 1. The number of carbonyl (C=O) groups is 2. The van der Waals surface area contributed by atoms with Gasteiger partial charge in [-0.15, -0.1) is 0 Å². The Morgan fingerprint density at radius 2 is 1.90 bits per heavy atom. The molecule has 0 saturated heterocycles. The van der Waals surface area contributed by atoms with Gasteiger partial charge in [0.2, 0.25) is 0 Å². The zero-order valence-corrected chi connectivity index (χ0v) is 13.1. The maximum absolute atomic E-state index is 11.8. The number of rotatable bonds is 10. The van der Waals surface area contributed by atoms with Gasteiger partial charge in [0.15, 0.2) is 0 Å². The molecule has 0 aliphatic rings. The first-order valence-corrected chi connectivity index (χ1v) is 8.73. The van der Waals surface area contributed by atoms with E-state index in [9.17, 15) is 18.0 Å². The fourth-order valence-corrected chi connectivity index (χ4v) is 2.72. The van der Waals surface area contributed by atoms with Crippen molar-refractivity contribution in [3.8, 4) is 0 Å². The molecule has 0 fully saturated rings. The number of aliphatic carboxylic acids is 1. The number of hydrogen-bond donors (Lipinski definition) is 2. The second-order valence-electron chi connectivity index (χ2n) is 4.86. The lowest BCUT2D eigenvalue weighted by molar-refractivity contribution is -0.152. The van der Waals surface area contributed by atoms with Crippen LogP contribution in [-0.2, 0) is 24.4 Å². The average molecular weight is 328 g/mol. The van der Waals surface area contributed by atoms with E-state index in [-0.39, 0.29) is 19.4 Å². The van der Waals surface area contributed by atoms with Gasteiger partial charge in [-0.3, -0.25) is 14.1 Å². The highest BCUT2D eigenvalue weighted by atomic mass is 32.2. The molecular formula is C11H20O7S2. The summed E-state index contributed by atoms with van der Waals surface area (Å²) in [7, 11) is -4.03. The Morgan fingerprint density at radius 3 is 2.40 bits per heavy atom. The molecule has 0 aromatic rings. The molecule has 0 saturated carbocycles. The van der Waals surface area contributed by atoms with Crippen molar-refractivity contribution < 1.29 is 32.4 Å². The smallest absolute Gasteiger partial charge is 0.312 e. The molecule has 0 amide bonds. The maximum Gasteiger partial charge on any atom is 0.312 e. The Kier molecular flexibility index (Phi) is 8.14. The third kappa shape index (κ3) is 10.0. The molecule has 0 unspecified atom stereocenters. The van der Waals surface area contributed by atoms with Crippen molar-refractivity contribution in [3.63, 3.8) is 0 Å². The molecule has 9 heteroatoms. The van der Waals surface area contributed by atoms with Crippen molar-refractivity contribution in [1.82, 2.24) is 0 Å². The molecule has 0 radical (unpaired) electrons. The fourth-order valence-electron chi connectivity index (χ4n) is 1.15. The van der Waals surface area contributed by atoms with Gasteiger partial charge in [0.05, 0.1) is 24.2 Å². The Bertz CT molecular complexity index is 428. The molecule has 0 aromatic carbocycles. The molecule has 118 valence electrons. The molecule has 20 heavy (non-hydrogen) atoms. The normalized spacial score (nSPS) is 12.2. The Labute approximate surface area is 122 Å². The van der Waals surface area contributed by atoms with Gasteiger partial charge in [-0.05, 0) is 20.3 Å². The van der Waals surface area contributed by atoms with Crippen LogP contribution in [0.25, 0.3) is 0 Å². The van der Waals surface area contributed by atoms with Gasteiger partial charge in [-0.1, -0.05) is 0 Å². The van der Waals surface area contributed by atoms with Crippen LogP contribution in [-0.4, -0.2) is 53.9 Å². The lowest BCUT2D eigenvalue weighted by atomic mass is 9.97. The minimum absolute atomic E-state index is 0.0319. The third-order valence-electron chi connectivity index (χ3n) is 2.26. The van der Waals surface area contributed by atoms with Crippen LogP contribution in [0.4, 0.5) is 0 Å². The van der Waals surface area contributed by atoms with Gasteiger partial charge in [-0.2, -0.15) is 20.2 Å². The molecule has 0 bridgehead atoms. The van der Waals surface area contributed by atoms with Crippen molar-refractivity contribution in [2.75, 3.05) is 23.9 Å². The summed E-state index contributed by atoms with van der Waals surface area (Å²) < 4.78 is 34.4. The Morgan fingerprint density at radius 1 is 1.30 bits per heavy atom. The van der Waals surface area contributed by atoms with Gasteiger partial charge < -0.3 is 9.84 Å². The van der Waals surface area contributed by atoms with E-state index in [0.29, 0.717) is 11.5 Å². The van der Waals surface area contributed by atoms with Crippen molar-refractivity contribution in [2.45, 2.75) is 26.7 Å². The molecule has 0 spiro atoms. The van der Waals surface area contributed by atoms with Crippen LogP contribution in [0.1, 0.15) is 26.7 Å². The van der Waals surface area contributed by atoms with Crippen LogP contribution in [0.5, 0.6) is 0 Å². The van der Waals surface area contributed by atoms with Crippen molar-refractivity contribution in [1.29, 1.82) is 0 Å². The lowest BCUT2D eigenvalue weighted by Gasteiger charge is -2.21. The van der Waals surface area contributed by atoms with E-state index in [1.807, 2.05) is 0 Å². The molecular weight excluding hydrogens is 308 g/mol. The second-order valence-corrected chi connectivity index (χ2v) is 7.53. The van der Waals surface area contributed by atoms with E-state index in [0.717, 1.165) is 0 Å². The van der Waals surface area contributed by atoms with Crippen LogP contribution < -0.4 is 0 Å². The standard InChI is InChI=1S/C11H20O7S2/c1-11(2,8-19-6-4-9(12)13)10(14)18-5-3-7-20(15,16)17/h3-8H2,1-2H3,(H,12,13)(H,15,16,17). The molecule has 0 rings (SSSR count). The van der Waals surface area contributed by atoms with Crippen LogP contribution in [0.15, 0.2) is 0 Å². The van der Waals surface area contributed by atoms with Crippen molar-refractivity contribution >= 4 is 33.8 Å². The highest BCUT2D eigenvalue weighted by Gasteiger charge is 2.29. The number of ether oxygens (including phenoxy) is 1. The van der Waals surface area contributed by atoms with Gasteiger partial charge in [0.25, 0.3) is 10.1 Å². The lowest BCUT2D eigenvalue weighted by Crippen LogP contribution is -2.30. The minimum Gasteiger partial charge on any atom is -0.481 e. The number of thioether (sulfide) groups is 1. The van der Waals surface area contributed by atoms with Crippen LogP contribution in [0, 0.1) is 5.41 Å². The molecule has 2 N–H and O–H groups in total. The number of esters is 1. The van der Waals surface area contributed by atoms with E-state index in [4.69, 9.17) is 14.4 Å². The second kappa shape index (κ2) is 8.48. The molecule has 0 atom stereocenters. The summed E-state index contributed by atoms with van der Waals surface area (Å²) in [6.45, 7) is 3.26. The van der Waals surface area contributed by atoms with Gasteiger partial charge in [0.1, 0.15) is 0 Å². The number of carbonyl (C=O) groups excluding carboxylic acids is 1. The first-order chi connectivity index (χ1) is 9.04. The number of carboxylic acid groups (broad SMARTS) is 1. The Balaban J connectivity index is 3.95. The summed E-state index contributed by atoms with van der Waals surface area (Å²) in [5.74, 6) is -0.987. The monoisotopic (exact) mass is 328 g/mol. The molecule has 0 aliphatic carbocycles. The van der Waals surface area contributed by atoms with Crippen molar-refractivity contribution in [2.24, 2.45) is 5.41 Å². The topological polar surface area (TPSA) is 118 Å². The molecule has 7 nitrogen and oxygen atoms in total. The molecule has 0 aromatic heterocycles. The summed E-state index contributed by atoms with van der Waals surface area (Å²) in [6.07, 6.45) is 0.0664. The molecule has 0 heterocycles. The summed E-state index contributed by atoms with van der Waals surface area (Å²) in [5, 5.41) is 8.49. The highest BCUT2D eigenvalue weighted by molar-refractivity contribution is 7.99. The van der Waals surface area contributed by atoms with E-state index >= 15 is 0 Å². The summed E-state index contributed by atoms with van der Waals surface area (Å²) in [5.41, 5.74) is -0.777. The minimum atomic E-state index is -4.03. The predicted molar refractivity (Wildman–Crippen MR) is 75.4 cm³/mol. The van der Waals surface area contributed by atoms with E-state index in [2.05, 4.69) is 0 Å². The van der Waals surface area contributed by atoms with Gasteiger partial charge in [0, 0.05) is 11.5 Å². The summed E-state index contributed by atoms with van der Waals surface area (Å²) >= 11 is 1.34. The van der Waals surface area contributed by atoms with Crippen LogP contribution in [0.2, 0.25) is 0 Å². The highest BCUT2D eigenvalue weighted by Crippen LogP contribution is 2.24. The van der Waals surface area contributed by atoms with Crippen LogP contribution in [0.3, 0.4) is 0 Å². The van der Waals surface area contributed by atoms with E-state index in [1.165, 1.54) is 11.8 Å². The number of hydrogen-bond acceptors (Lipinski definition) is 6. The fraction of sp³-hybridized carbons (Fsp3) is 0.818. The quantitative estimate of drug-likeness (QED) is 0.347. The zero-order valence-electron chi connectivity index (χ0n) is 11.5. The maximum atomic E-state index is 11.8. The molecule has 0 aliphatic heterocycles. The van der Waals surface area contributed by atoms with E-state index in [1.54, 1.807) is 13.8 Å². The van der Waals surface area contributed by atoms with E-state index < -0.39 is 33.2 Å². The zero-order chi connectivity index (χ0) is 15.8. The first-order valence-electron chi connectivity index (χ1n) is 5.96. The predicted octanol–water partition coefficient (Wildman–Crippen LogP) is 1.04. The largest absolute Gasteiger partial charge is 0.481 e. The average Bonchev–Trinajstić information content (AvgIpc) is 2.28. The first kappa shape index (κ1) is 19.2. The Hall–Kier alpha value is -0.800. The summed E-state index contributed by atoms with van der Waals surface area (Å²) in [4.78, 5) is 22.1.